The van der Waals surface area contributed by atoms with E-state index in [4.69, 9.17) is 5.11 Å². The van der Waals surface area contributed by atoms with Gasteiger partial charge in [-0.3, -0.25) is 0 Å². The van der Waals surface area contributed by atoms with E-state index in [9.17, 15) is 8.42 Å². The summed E-state index contributed by atoms with van der Waals surface area (Å²) in [5, 5.41) is 8.74. The molecular weight excluding hydrogens is 178 g/mol. The molecule has 12 heavy (non-hydrogen) atoms. The van der Waals surface area contributed by atoms with Crippen molar-refractivity contribution in [1.82, 2.24) is 4.90 Å². The summed E-state index contributed by atoms with van der Waals surface area (Å²) in [6.45, 7) is 2.38. The first-order chi connectivity index (χ1) is 5.37. The van der Waals surface area contributed by atoms with Crippen LogP contribution < -0.4 is 0 Å². The standard InChI is InChI=1S/C7H17NO3S/c1-7(6-9)8(2)4-5-12(3,10)11/h7,9H,4-6H2,1-3H3. The first kappa shape index (κ1) is 11.9. The van der Waals surface area contributed by atoms with Crippen LogP contribution in [0.25, 0.3) is 0 Å². The fourth-order valence-corrected chi connectivity index (χ4v) is 1.29. The van der Waals surface area contributed by atoms with E-state index >= 15 is 0 Å². The fourth-order valence-electron chi connectivity index (χ4n) is 0.670. The maximum atomic E-state index is 10.8. The molecule has 0 amide bonds. The van der Waals surface area contributed by atoms with Crippen LogP contribution in [0.15, 0.2) is 0 Å². The van der Waals surface area contributed by atoms with Crippen LogP contribution in [0.3, 0.4) is 0 Å². The Morgan fingerprint density at radius 1 is 1.50 bits per heavy atom. The molecule has 0 rings (SSSR count). The minimum atomic E-state index is -2.88. The SMILES string of the molecule is CC(CO)N(C)CCS(C)(=O)=O. The average molecular weight is 195 g/mol. The second-order valence-electron chi connectivity index (χ2n) is 3.14. The summed E-state index contributed by atoms with van der Waals surface area (Å²) >= 11 is 0. The zero-order valence-electron chi connectivity index (χ0n) is 7.82. The van der Waals surface area contributed by atoms with Crippen LogP contribution in [0.5, 0.6) is 0 Å². The van der Waals surface area contributed by atoms with Gasteiger partial charge >= 0.3 is 0 Å². The summed E-state index contributed by atoms with van der Waals surface area (Å²) in [7, 11) is -1.09. The summed E-state index contributed by atoms with van der Waals surface area (Å²) in [5.74, 6) is 0.147. The molecule has 0 saturated carbocycles. The van der Waals surface area contributed by atoms with Gasteiger partial charge < -0.3 is 10.0 Å². The molecule has 0 aromatic heterocycles. The molecule has 0 heterocycles. The third kappa shape index (κ3) is 5.51. The first-order valence-electron chi connectivity index (χ1n) is 3.85. The molecular formula is C7H17NO3S. The Hall–Kier alpha value is -0.130. The monoisotopic (exact) mass is 195 g/mol. The maximum Gasteiger partial charge on any atom is 0.148 e. The van der Waals surface area contributed by atoms with Crippen molar-refractivity contribution in [2.75, 3.05) is 32.2 Å². The molecule has 1 atom stereocenters. The van der Waals surface area contributed by atoms with Crippen LogP contribution in [-0.2, 0) is 9.84 Å². The summed E-state index contributed by atoms with van der Waals surface area (Å²) in [5.41, 5.74) is 0. The number of hydrogen-bond acceptors (Lipinski definition) is 4. The summed E-state index contributed by atoms with van der Waals surface area (Å²) in [4.78, 5) is 1.82. The van der Waals surface area contributed by atoms with Gasteiger partial charge in [0.15, 0.2) is 0 Å². The molecule has 0 aromatic rings. The second-order valence-corrected chi connectivity index (χ2v) is 5.40. The van der Waals surface area contributed by atoms with E-state index in [1.54, 1.807) is 7.05 Å². The number of aliphatic hydroxyl groups is 1. The molecule has 1 unspecified atom stereocenters. The molecule has 5 heteroatoms. The molecule has 0 aliphatic heterocycles. The first-order valence-corrected chi connectivity index (χ1v) is 5.91. The summed E-state index contributed by atoms with van der Waals surface area (Å²) in [6, 6.07) is 0.0201. The zero-order chi connectivity index (χ0) is 9.78. The predicted octanol–water partition coefficient (Wildman–Crippen LogP) is -0.656. The minimum Gasteiger partial charge on any atom is -0.395 e. The average Bonchev–Trinajstić information content (AvgIpc) is 1.97. The Morgan fingerprint density at radius 3 is 2.33 bits per heavy atom. The third-order valence-corrected chi connectivity index (χ3v) is 2.76. The van der Waals surface area contributed by atoms with Gasteiger partial charge in [0.05, 0.1) is 12.4 Å². The number of likely N-dealkylation sites (N-methyl/N-ethyl adjacent to an activating group) is 1. The summed E-state index contributed by atoms with van der Waals surface area (Å²) in [6.07, 6.45) is 1.21. The number of nitrogens with zero attached hydrogens (tertiary/aromatic N) is 1. The highest BCUT2D eigenvalue weighted by Gasteiger charge is 2.10. The number of aliphatic hydroxyl groups excluding tert-OH is 1. The van der Waals surface area contributed by atoms with Gasteiger partial charge in [-0.15, -0.1) is 0 Å². The summed E-state index contributed by atoms with van der Waals surface area (Å²) < 4.78 is 21.5. The van der Waals surface area contributed by atoms with Crippen LogP contribution in [0, 0.1) is 0 Å². The molecule has 0 aliphatic carbocycles. The lowest BCUT2D eigenvalue weighted by molar-refractivity contribution is 0.165. The van der Waals surface area contributed by atoms with Crippen molar-refractivity contribution in [1.29, 1.82) is 0 Å². The number of rotatable bonds is 5. The quantitative estimate of drug-likeness (QED) is 0.633. The van der Waals surface area contributed by atoms with Crippen molar-refractivity contribution >= 4 is 9.84 Å². The molecule has 1 N–H and O–H groups in total. The van der Waals surface area contributed by atoms with Crippen LogP contribution in [-0.4, -0.2) is 56.7 Å². The lowest BCUT2D eigenvalue weighted by Crippen LogP contribution is -2.35. The maximum absolute atomic E-state index is 10.8. The highest BCUT2D eigenvalue weighted by atomic mass is 32.2. The zero-order valence-corrected chi connectivity index (χ0v) is 8.63. The number of sulfone groups is 1. The smallest absolute Gasteiger partial charge is 0.148 e. The normalized spacial score (nSPS) is 15.1. The van der Waals surface area contributed by atoms with Crippen LogP contribution in [0.2, 0.25) is 0 Å². The van der Waals surface area contributed by atoms with E-state index < -0.39 is 9.84 Å². The Labute approximate surface area is 74.1 Å². The van der Waals surface area contributed by atoms with Crippen molar-refractivity contribution < 1.29 is 13.5 Å². The van der Waals surface area contributed by atoms with Crippen molar-refractivity contribution in [3.63, 3.8) is 0 Å². The lowest BCUT2D eigenvalue weighted by Gasteiger charge is -2.21. The Balaban J connectivity index is 3.79. The van der Waals surface area contributed by atoms with Crippen molar-refractivity contribution in [3.05, 3.63) is 0 Å². The molecule has 4 nitrogen and oxygen atoms in total. The molecule has 0 radical (unpaired) electrons. The lowest BCUT2D eigenvalue weighted by atomic mass is 10.3. The van der Waals surface area contributed by atoms with E-state index in [1.165, 1.54) is 6.26 Å². The van der Waals surface area contributed by atoms with Crippen molar-refractivity contribution in [2.45, 2.75) is 13.0 Å². The van der Waals surface area contributed by atoms with Gasteiger partial charge in [0.25, 0.3) is 0 Å². The highest BCUT2D eigenvalue weighted by molar-refractivity contribution is 7.90. The molecule has 0 saturated heterocycles. The van der Waals surface area contributed by atoms with E-state index in [0.717, 1.165) is 0 Å². The van der Waals surface area contributed by atoms with Crippen molar-refractivity contribution in [2.24, 2.45) is 0 Å². The van der Waals surface area contributed by atoms with Gasteiger partial charge in [-0.2, -0.15) is 0 Å². The fraction of sp³-hybridized carbons (Fsp3) is 1.00. The van der Waals surface area contributed by atoms with Gasteiger partial charge in [-0.05, 0) is 14.0 Å². The van der Waals surface area contributed by atoms with Crippen LogP contribution in [0.1, 0.15) is 6.92 Å². The van der Waals surface area contributed by atoms with Crippen LogP contribution >= 0.6 is 0 Å². The Bertz CT molecular complexity index is 213. The molecule has 74 valence electrons. The Kier molecular flexibility index (Phi) is 4.74. The molecule has 0 aromatic carbocycles. The topological polar surface area (TPSA) is 57.6 Å². The molecule has 0 bridgehead atoms. The molecule has 0 spiro atoms. The largest absolute Gasteiger partial charge is 0.395 e. The second kappa shape index (κ2) is 4.79. The number of hydrogen-bond donors (Lipinski definition) is 1. The third-order valence-electron chi connectivity index (χ3n) is 1.83. The van der Waals surface area contributed by atoms with Crippen molar-refractivity contribution in [3.8, 4) is 0 Å². The van der Waals surface area contributed by atoms with Gasteiger partial charge in [-0.25, -0.2) is 8.42 Å². The molecule has 0 aliphatic rings. The minimum absolute atomic E-state index is 0.0201. The predicted molar refractivity (Wildman–Crippen MR) is 48.9 cm³/mol. The van der Waals surface area contributed by atoms with Crippen LogP contribution in [0.4, 0.5) is 0 Å². The van der Waals surface area contributed by atoms with Gasteiger partial charge in [-0.1, -0.05) is 0 Å². The van der Waals surface area contributed by atoms with Gasteiger partial charge in [0.2, 0.25) is 0 Å². The van der Waals surface area contributed by atoms with E-state index in [2.05, 4.69) is 0 Å². The van der Waals surface area contributed by atoms with E-state index in [1.807, 2.05) is 11.8 Å². The highest BCUT2D eigenvalue weighted by Crippen LogP contribution is 1.94. The molecule has 0 fully saturated rings. The van der Waals surface area contributed by atoms with Gasteiger partial charge in [0, 0.05) is 18.8 Å². The van der Waals surface area contributed by atoms with Gasteiger partial charge in [0.1, 0.15) is 9.84 Å². The van der Waals surface area contributed by atoms with E-state index in [-0.39, 0.29) is 18.4 Å². The Morgan fingerprint density at radius 2 is 2.00 bits per heavy atom. The van der Waals surface area contributed by atoms with E-state index in [0.29, 0.717) is 6.54 Å².